The Morgan fingerprint density at radius 3 is 2.00 bits per heavy atom. The average Bonchev–Trinajstić information content (AvgIpc) is 2.82. The molecule has 3 nitrogen and oxygen atoms in total. The van der Waals surface area contributed by atoms with Crippen molar-refractivity contribution in [1.29, 1.82) is 0 Å². The van der Waals surface area contributed by atoms with Gasteiger partial charge in [0.05, 0.1) is 25.9 Å². The number of ether oxygens (including phenoxy) is 1. The maximum Gasteiger partial charge on any atom is 0.219 e. The van der Waals surface area contributed by atoms with Gasteiger partial charge in [-0.05, 0) is 50.0 Å². The summed E-state index contributed by atoms with van der Waals surface area (Å²) < 4.78 is 6.32. The quantitative estimate of drug-likeness (QED) is 0.365. The Balaban J connectivity index is 2.82. The number of rotatable bonds is 11. The molecule has 0 aromatic heterocycles. The third-order valence-corrected chi connectivity index (χ3v) is 19.0. The van der Waals surface area contributed by atoms with Crippen LogP contribution in [0, 0.1) is 0 Å². The normalized spacial score (nSPS) is 31.6. The first-order valence-electron chi connectivity index (χ1n) is 10.5. The minimum atomic E-state index is -1.34. The zero-order valence-electron chi connectivity index (χ0n) is 19.0. The van der Waals surface area contributed by atoms with Gasteiger partial charge in [0, 0.05) is 13.8 Å². The monoisotopic (exact) mass is 447 g/mol. The zero-order valence-corrected chi connectivity index (χ0v) is 21.7. The van der Waals surface area contributed by atoms with Gasteiger partial charge in [0.1, 0.15) is 19.6 Å². The highest BCUT2D eigenvalue weighted by Gasteiger charge is 2.51. The Morgan fingerprint density at radius 2 is 1.61 bits per heavy atom. The van der Waals surface area contributed by atoms with E-state index in [-0.39, 0.29) is 0 Å². The minimum absolute atomic E-state index is 0.453. The molecule has 0 aromatic carbocycles. The highest BCUT2D eigenvalue weighted by atomic mass is 31.2. The first-order chi connectivity index (χ1) is 12.7. The van der Waals surface area contributed by atoms with Crippen molar-refractivity contribution in [2.45, 2.75) is 76.9 Å². The summed E-state index contributed by atoms with van der Waals surface area (Å²) in [7, 11) is 5.33. The summed E-state index contributed by atoms with van der Waals surface area (Å²) in [6.07, 6.45) is 18.8. The molecule has 162 valence electrons. The van der Waals surface area contributed by atoms with Crippen molar-refractivity contribution < 1.29 is 14.9 Å². The first-order valence-corrected chi connectivity index (χ1v) is 17.3. The predicted molar refractivity (Wildman–Crippen MR) is 138 cm³/mol. The molecule has 2 radical (unpaired) electrons. The summed E-state index contributed by atoms with van der Waals surface area (Å²) >= 11 is 0. The van der Waals surface area contributed by atoms with E-state index in [4.69, 9.17) is 18.9 Å². The number of hydrogen-bond acceptors (Lipinski definition) is 3. The summed E-state index contributed by atoms with van der Waals surface area (Å²) in [5.74, 6) is 0.552. The highest BCUT2D eigenvalue weighted by Crippen LogP contribution is 2.59. The fourth-order valence-corrected chi connectivity index (χ4v) is 14.3. The van der Waals surface area contributed by atoms with Crippen LogP contribution in [0.15, 0.2) is 0 Å². The van der Waals surface area contributed by atoms with Gasteiger partial charge in [0.25, 0.3) is 0 Å². The van der Waals surface area contributed by atoms with Gasteiger partial charge in [0.15, 0.2) is 0 Å². The van der Waals surface area contributed by atoms with Crippen LogP contribution in [-0.2, 0) is 4.74 Å². The molecular formula is C21H43BO3P3+. The van der Waals surface area contributed by atoms with Crippen LogP contribution in [0.3, 0.4) is 0 Å². The Bertz CT molecular complexity index is 637. The molecule has 0 bridgehead atoms. The van der Waals surface area contributed by atoms with Gasteiger partial charge in [-0.2, -0.15) is 0 Å². The lowest BCUT2D eigenvalue weighted by molar-refractivity contribution is -0.116. The number of aliphatic hydroxyl groups is 2. The van der Waals surface area contributed by atoms with E-state index in [1.807, 2.05) is 0 Å². The molecule has 1 rings (SSSR count). The Hall–Kier alpha value is 0.715. The van der Waals surface area contributed by atoms with E-state index in [1.54, 1.807) is 6.92 Å². The molecule has 0 amide bonds. The SMILES string of the molecule is [B]C1CC(OC(C)(C)[P+](=C)CP(=C)(CC)CCP(=C)(CC)CC)C(O)C1(C)O. The second-order valence-corrected chi connectivity index (χ2v) is 20.8. The standard InChI is InChI=1S/C21H43BO3P3/c1-10-27(8,11-2)13-14-28(9,12-3)16-26(7)20(4,5)25-17-15-18(22)21(6,24)19(17)23/h17-19,23-24H,7-16H2,1-6H3/q+1. The van der Waals surface area contributed by atoms with E-state index in [0.717, 1.165) is 12.1 Å². The van der Waals surface area contributed by atoms with Crippen LogP contribution in [0.5, 0.6) is 0 Å². The van der Waals surface area contributed by atoms with Gasteiger partial charge < -0.3 is 14.9 Å². The average molecular weight is 447 g/mol. The molecule has 28 heavy (non-hydrogen) atoms. The third kappa shape index (κ3) is 6.36. The lowest BCUT2D eigenvalue weighted by Crippen LogP contribution is -2.44. The van der Waals surface area contributed by atoms with Crippen LogP contribution in [0.25, 0.3) is 0 Å². The molecule has 6 unspecified atom stereocenters. The second-order valence-electron chi connectivity index (χ2n) is 9.38. The lowest BCUT2D eigenvalue weighted by Gasteiger charge is -2.31. The predicted octanol–water partition coefficient (Wildman–Crippen LogP) is 4.41. The first kappa shape index (κ1) is 26.7. The van der Waals surface area contributed by atoms with Gasteiger partial charge in [-0.1, -0.05) is 34.0 Å². The van der Waals surface area contributed by atoms with Gasteiger partial charge >= 0.3 is 0 Å². The zero-order chi connectivity index (χ0) is 22.0. The molecule has 1 aliphatic rings. The van der Waals surface area contributed by atoms with E-state index in [1.165, 1.54) is 24.6 Å². The number of aliphatic hydroxyl groups excluding tert-OH is 1. The molecule has 0 heterocycles. The topological polar surface area (TPSA) is 49.7 Å². The number of hydrogen-bond donors (Lipinski definition) is 2. The third-order valence-electron chi connectivity index (χ3n) is 6.92. The molecule has 1 fully saturated rings. The van der Waals surface area contributed by atoms with E-state index in [2.05, 4.69) is 47.2 Å². The van der Waals surface area contributed by atoms with Crippen molar-refractivity contribution in [3.8, 4) is 0 Å². The minimum Gasteiger partial charge on any atom is -0.388 e. The maximum absolute atomic E-state index is 10.5. The van der Waals surface area contributed by atoms with Crippen molar-refractivity contribution in [1.82, 2.24) is 0 Å². The van der Waals surface area contributed by atoms with Gasteiger partial charge in [-0.15, -0.1) is 13.2 Å². The van der Waals surface area contributed by atoms with Crippen molar-refractivity contribution >= 4 is 48.1 Å². The molecule has 6 atom stereocenters. The molecule has 0 aromatic rings. The van der Waals surface area contributed by atoms with E-state index in [0.29, 0.717) is 6.42 Å². The Morgan fingerprint density at radius 1 is 1.14 bits per heavy atom. The Kier molecular flexibility index (Phi) is 9.45. The van der Waals surface area contributed by atoms with Crippen LogP contribution in [-0.4, -0.2) is 96.8 Å². The van der Waals surface area contributed by atoms with Crippen LogP contribution in [0.1, 0.15) is 48.0 Å². The van der Waals surface area contributed by atoms with E-state index < -0.39 is 50.3 Å². The summed E-state index contributed by atoms with van der Waals surface area (Å²) in [4.78, 5) is 0. The molecule has 7 heteroatoms. The van der Waals surface area contributed by atoms with Crippen molar-refractivity contribution in [3.05, 3.63) is 0 Å². The van der Waals surface area contributed by atoms with Crippen molar-refractivity contribution in [2.75, 3.05) is 36.7 Å². The fraction of sp³-hybridized carbons (Fsp3) is 0.857. The van der Waals surface area contributed by atoms with Gasteiger partial charge in [0.2, 0.25) is 5.34 Å². The molecule has 0 saturated heterocycles. The van der Waals surface area contributed by atoms with Crippen LogP contribution < -0.4 is 0 Å². The summed E-state index contributed by atoms with van der Waals surface area (Å²) in [5.41, 5.74) is -1.31. The van der Waals surface area contributed by atoms with Crippen molar-refractivity contribution in [3.63, 3.8) is 0 Å². The summed E-state index contributed by atoms with van der Waals surface area (Å²) in [5, 5.41) is 20.4. The Labute approximate surface area is 176 Å². The molecule has 0 spiro atoms. The van der Waals surface area contributed by atoms with Gasteiger partial charge in [-0.25, -0.2) is 0 Å². The molecule has 1 aliphatic carbocycles. The summed E-state index contributed by atoms with van der Waals surface area (Å²) in [6.45, 7) is 10.1. The smallest absolute Gasteiger partial charge is 0.219 e. The van der Waals surface area contributed by atoms with Crippen LogP contribution >= 0.6 is 21.3 Å². The maximum atomic E-state index is 10.5. The van der Waals surface area contributed by atoms with Crippen LogP contribution in [0.2, 0.25) is 5.82 Å². The van der Waals surface area contributed by atoms with Crippen LogP contribution in [0.4, 0.5) is 0 Å². The molecular weight excluding hydrogens is 404 g/mol. The largest absolute Gasteiger partial charge is 0.388 e. The summed E-state index contributed by atoms with van der Waals surface area (Å²) in [6, 6.07) is 0. The van der Waals surface area contributed by atoms with E-state index in [9.17, 15) is 10.2 Å². The van der Waals surface area contributed by atoms with E-state index >= 15 is 0 Å². The van der Waals surface area contributed by atoms with Gasteiger partial charge in [-0.3, -0.25) is 0 Å². The van der Waals surface area contributed by atoms with Crippen molar-refractivity contribution in [2.24, 2.45) is 0 Å². The molecule has 0 aliphatic heterocycles. The fourth-order valence-electron chi connectivity index (χ4n) is 3.60. The molecule has 1 saturated carbocycles. The lowest BCUT2D eigenvalue weighted by atomic mass is 9.76. The highest BCUT2D eigenvalue weighted by molar-refractivity contribution is 7.84. The molecule has 2 N–H and O–H groups in total. The second kappa shape index (κ2) is 9.89.